The van der Waals surface area contributed by atoms with Gasteiger partial charge in [0.1, 0.15) is 11.9 Å². The molecule has 1 aromatic carbocycles. The summed E-state index contributed by atoms with van der Waals surface area (Å²) in [5.74, 6) is 0.735. The summed E-state index contributed by atoms with van der Waals surface area (Å²) in [6, 6.07) is 10.1. The molecule has 2 rings (SSSR count). The van der Waals surface area contributed by atoms with Crippen LogP contribution >= 0.6 is 0 Å². The number of nitrogens with zero attached hydrogens (tertiary/aromatic N) is 3. The van der Waals surface area contributed by atoms with Crippen molar-refractivity contribution in [1.82, 2.24) is 4.98 Å². The molecule has 16 heavy (non-hydrogen) atoms. The molecule has 1 aromatic heterocycles. The molecular weight excluding hydrogens is 198 g/mol. The molecule has 0 saturated heterocycles. The van der Waals surface area contributed by atoms with E-state index in [1.807, 2.05) is 50.2 Å². The van der Waals surface area contributed by atoms with E-state index in [2.05, 4.69) is 11.1 Å². The summed E-state index contributed by atoms with van der Waals surface area (Å²) in [7, 11) is 3.80. The molecule has 0 spiro atoms. The number of rotatable bonds is 1. The van der Waals surface area contributed by atoms with Crippen molar-refractivity contribution >= 4 is 16.7 Å². The quantitative estimate of drug-likeness (QED) is 0.727. The maximum Gasteiger partial charge on any atom is 0.147 e. The third-order valence-corrected chi connectivity index (χ3v) is 2.67. The Labute approximate surface area is 94.9 Å². The van der Waals surface area contributed by atoms with Crippen molar-refractivity contribution in [3.63, 3.8) is 0 Å². The Kier molecular flexibility index (Phi) is 2.49. The summed E-state index contributed by atoms with van der Waals surface area (Å²) >= 11 is 0. The Morgan fingerprint density at radius 3 is 2.56 bits per heavy atom. The molecule has 0 bridgehead atoms. The predicted octanol–water partition coefficient (Wildman–Crippen LogP) is 2.48. The normalized spacial score (nSPS) is 10.1. The van der Waals surface area contributed by atoms with Crippen LogP contribution in [-0.4, -0.2) is 19.1 Å². The highest BCUT2D eigenvalue weighted by molar-refractivity contribution is 5.87. The molecule has 0 amide bonds. The minimum absolute atomic E-state index is 0.656. The highest BCUT2D eigenvalue weighted by atomic mass is 15.1. The van der Waals surface area contributed by atoms with Gasteiger partial charge in [0, 0.05) is 19.5 Å². The number of para-hydroxylation sites is 1. The second kappa shape index (κ2) is 3.82. The van der Waals surface area contributed by atoms with Gasteiger partial charge in [-0.15, -0.1) is 0 Å². The average molecular weight is 211 g/mol. The summed E-state index contributed by atoms with van der Waals surface area (Å²) in [4.78, 5) is 6.38. The van der Waals surface area contributed by atoms with Gasteiger partial charge in [-0.25, -0.2) is 4.98 Å². The number of aromatic nitrogens is 1. The van der Waals surface area contributed by atoms with Gasteiger partial charge in [0.15, 0.2) is 0 Å². The molecule has 0 N–H and O–H groups in total. The Morgan fingerprint density at radius 2 is 1.94 bits per heavy atom. The molecule has 1 heterocycles. The third-order valence-electron chi connectivity index (χ3n) is 2.67. The van der Waals surface area contributed by atoms with E-state index in [1.54, 1.807) is 0 Å². The summed E-state index contributed by atoms with van der Waals surface area (Å²) in [6.45, 7) is 1.97. The van der Waals surface area contributed by atoms with Gasteiger partial charge in [0.2, 0.25) is 0 Å². The number of nitriles is 1. The lowest BCUT2D eigenvalue weighted by Gasteiger charge is -2.15. The minimum atomic E-state index is 0.656. The van der Waals surface area contributed by atoms with Gasteiger partial charge >= 0.3 is 0 Å². The van der Waals surface area contributed by atoms with E-state index in [1.165, 1.54) is 0 Å². The fraction of sp³-hybridized carbons (Fsp3) is 0.231. The molecular formula is C13H13N3. The number of hydrogen-bond donors (Lipinski definition) is 0. The van der Waals surface area contributed by atoms with Crippen LogP contribution in [0.3, 0.4) is 0 Å². The Morgan fingerprint density at radius 1 is 1.25 bits per heavy atom. The molecule has 0 atom stereocenters. The maximum atomic E-state index is 9.19. The largest absolute Gasteiger partial charge is 0.362 e. The lowest BCUT2D eigenvalue weighted by molar-refractivity contribution is 1.07. The number of fused-ring (bicyclic) bond motifs is 1. The molecule has 0 aliphatic heterocycles. The van der Waals surface area contributed by atoms with Crippen LogP contribution < -0.4 is 4.90 Å². The highest BCUT2D eigenvalue weighted by Gasteiger charge is 2.12. The summed E-state index contributed by atoms with van der Waals surface area (Å²) in [5, 5.41) is 10.2. The first-order valence-corrected chi connectivity index (χ1v) is 5.12. The predicted molar refractivity (Wildman–Crippen MR) is 65.5 cm³/mol. The van der Waals surface area contributed by atoms with Crippen LogP contribution in [0.4, 0.5) is 5.82 Å². The topological polar surface area (TPSA) is 39.9 Å². The van der Waals surface area contributed by atoms with Crippen LogP contribution in [0.1, 0.15) is 11.1 Å². The van der Waals surface area contributed by atoms with Gasteiger partial charge < -0.3 is 4.90 Å². The SMILES string of the molecule is Cc1c(C#N)c(N(C)C)nc2ccccc12. The molecule has 0 fully saturated rings. The van der Waals surface area contributed by atoms with E-state index in [4.69, 9.17) is 0 Å². The van der Waals surface area contributed by atoms with Crippen molar-refractivity contribution < 1.29 is 0 Å². The van der Waals surface area contributed by atoms with Crippen LogP contribution in [0.5, 0.6) is 0 Å². The first-order chi connectivity index (χ1) is 7.65. The van der Waals surface area contributed by atoms with Gasteiger partial charge in [-0.2, -0.15) is 5.26 Å². The van der Waals surface area contributed by atoms with Gasteiger partial charge in [0.25, 0.3) is 0 Å². The molecule has 0 unspecified atom stereocenters. The summed E-state index contributed by atoms with van der Waals surface area (Å²) < 4.78 is 0. The first-order valence-electron chi connectivity index (χ1n) is 5.12. The number of benzene rings is 1. The van der Waals surface area contributed by atoms with E-state index in [0.29, 0.717) is 5.56 Å². The van der Waals surface area contributed by atoms with E-state index >= 15 is 0 Å². The second-order valence-corrected chi connectivity index (χ2v) is 3.96. The van der Waals surface area contributed by atoms with Gasteiger partial charge in [-0.1, -0.05) is 18.2 Å². The van der Waals surface area contributed by atoms with Crippen molar-refractivity contribution in [2.45, 2.75) is 6.92 Å². The lowest BCUT2D eigenvalue weighted by atomic mass is 10.0. The minimum Gasteiger partial charge on any atom is -0.362 e. The summed E-state index contributed by atoms with van der Waals surface area (Å²) in [6.07, 6.45) is 0. The first kappa shape index (κ1) is 10.4. The molecule has 2 aromatic rings. The Balaban J connectivity index is 2.88. The van der Waals surface area contributed by atoms with Gasteiger partial charge in [-0.05, 0) is 18.6 Å². The van der Waals surface area contributed by atoms with Crippen LogP contribution in [0.25, 0.3) is 10.9 Å². The molecule has 80 valence electrons. The number of anilines is 1. The van der Waals surface area contributed by atoms with Crippen LogP contribution in [-0.2, 0) is 0 Å². The zero-order valence-electron chi connectivity index (χ0n) is 9.65. The number of hydrogen-bond acceptors (Lipinski definition) is 3. The van der Waals surface area contributed by atoms with Crippen molar-refractivity contribution in [2.75, 3.05) is 19.0 Å². The Hall–Kier alpha value is -2.08. The van der Waals surface area contributed by atoms with Crippen molar-refractivity contribution in [2.24, 2.45) is 0 Å². The van der Waals surface area contributed by atoms with Crippen molar-refractivity contribution in [3.05, 3.63) is 35.4 Å². The molecule has 0 aliphatic carbocycles. The lowest BCUT2D eigenvalue weighted by Crippen LogP contribution is -2.13. The number of aryl methyl sites for hydroxylation is 1. The Bertz CT molecular complexity index is 579. The van der Waals surface area contributed by atoms with E-state index < -0.39 is 0 Å². The molecule has 3 nitrogen and oxygen atoms in total. The van der Waals surface area contributed by atoms with E-state index in [0.717, 1.165) is 22.3 Å². The fourth-order valence-electron chi connectivity index (χ4n) is 1.82. The highest BCUT2D eigenvalue weighted by Crippen LogP contribution is 2.26. The zero-order chi connectivity index (χ0) is 11.7. The van der Waals surface area contributed by atoms with E-state index in [9.17, 15) is 5.26 Å². The van der Waals surface area contributed by atoms with Crippen molar-refractivity contribution in [1.29, 1.82) is 5.26 Å². The molecule has 0 radical (unpaired) electrons. The fourth-order valence-corrected chi connectivity index (χ4v) is 1.82. The third kappa shape index (κ3) is 1.49. The second-order valence-electron chi connectivity index (χ2n) is 3.96. The molecule has 3 heteroatoms. The van der Waals surface area contributed by atoms with Crippen LogP contribution in [0, 0.1) is 18.3 Å². The number of pyridine rings is 1. The van der Waals surface area contributed by atoms with E-state index in [-0.39, 0.29) is 0 Å². The molecule has 0 saturated carbocycles. The monoisotopic (exact) mass is 211 g/mol. The van der Waals surface area contributed by atoms with Gasteiger partial charge in [-0.3, -0.25) is 0 Å². The zero-order valence-corrected chi connectivity index (χ0v) is 9.65. The molecule has 0 aliphatic rings. The smallest absolute Gasteiger partial charge is 0.147 e. The standard InChI is InChI=1S/C13H13N3/c1-9-10-6-4-5-7-12(10)15-13(16(2)3)11(9)8-14/h4-7H,1-3H3. The maximum absolute atomic E-state index is 9.19. The summed E-state index contributed by atoms with van der Waals surface area (Å²) in [5.41, 5.74) is 2.59. The van der Waals surface area contributed by atoms with Crippen LogP contribution in [0.15, 0.2) is 24.3 Å². The van der Waals surface area contributed by atoms with Crippen LogP contribution in [0.2, 0.25) is 0 Å². The van der Waals surface area contributed by atoms with Gasteiger partial charge in [0.05, 0.1) is 11.1 Å². The van der Waals surface area contributed by atoms with Crippen molar-refractivity contribution in [3.8, 4) is 6.07 Å². The average Bonchev–Trinajstić information content (AvgIpc) is 2.29.